The number of nitrogens with two attached hydrogens (primary N) is 1. The fourth-order valence-corrected chi connectivity index (χ4v) is 3.69. The average Bonchev–Trinajstić information content (AvgIpc) is 2.63. The lowest BCUT2D eigenvalue weighted by Crippen LogP contribution is -2.47. The second-order valence-corrected chi connectivity index (χ2v) is 7.24. The number of nitrogens with zero attached hydrogens (tertiary/aromatic N) is 4. The van der Waals surface area contributed by atoms with Crippen molar-refractivity contribution in [3.8, 4) is 0 Å². The van der Waals surface area contributed by atoms with E-state index >= 15 is 0 Å². The molecule has 0 spiro atoms. The zero-order valence-electron chi connectivity index (χ0n) is 15.2. The Kier molecular flexibility index (Phi) is 6.13. The molecule has 2 fully saturated rings. The van der Waals surface area contributed by atoms with E-state index < -0.39 is 0 Å². The Morgan fingerprint density at radius 2 is 1.88 bits per heavy atom. The third kappa shape index (κ3) is 5.08. The molecule has 0 aliphatic carbocycles. The number of rotatable bonds is 4. The molecule has 3 rings (SSSR count). The normalized spacial score (nSPS) is 23.1. The molecule has 2 saturated heterocycles. The minimum Gasteiger partial charge on any atom is -0.370 e. The van der Waals surface area contributed by atoms with E-state index in [4.69, 9.17) is 5.73 Å². The van der Waals surface area contributed by atoms with Gasteiger partial charge < -0.3 is 15.5 Å². The number of piperidine rings is 1. The molecule has 0 amide bonds. The number of likely N-dealkylation sites (tertiary alicyclic amines) is 1. The molecule has 138 valence electrons. The van der Waals surface area contributed by atoms with E-state index in [2.05, 4.69) is 26.6 Å². The molecule has 2 aliphatic rings. The van der Waals surface area contributed by atoms with Crippen molar-refractivity contribution in [2.24, 2.45) is 16.6 Å². The number of hydrogen-bond donors (Lipinski definition) is 1. The summed E-state index contributed by atoms with van der Waals surface area (Å²) in [6.07, 6.45) is 2.50. The highest BCUT2D eigenvalue weighted by Crippen LogP contribution is 2.17. The average molecular weight is 347 g/mol. The third-order valence-corrected chi connectivity index (χ3v) is 5.24. The Morgan fingerprint density at radius 3 is 2.56 bits per heavy atom. The zero-order chi connectivity index (χ0) is 17.6. The first kappa shape index (κ1) is 18.0. The van der Waals surface area contributed by atoms with Crippen LogP contribution in [0.4, 0.5) is 10.1 Å². The van der Waals surface area contributed by atoms with Crippen molar-refractivity contribution in [1.29, 1.82) is 0 Å². The first-order valence-electron chi connectivity index (χ1n) is 9.39. The maximum atomic E-state index is 13.0. The van der Waals surface area contributed by atoms with Crippen LogP contribution in [0.25, 0.3) is 0 Å². The van der Waals surface area contributed by atoms with Gasteiger partial charge in [-0.1, -0.05) is 6.92 Å². The van der Waals surface area contributed by atoms with Crippen LogP contribution in [0.5, 0.6) is 0 Å². The molecule has 0 bridgehead atoms. The first-order valence-corrected chi connectivity index (χ1v) is 9.39. The van der Waals surface area contributed by atoms with Crippen LogP contribution < -0.4 is 10.6 Å². The Morgan fingerprint density at radius 1 is 1.16 bits per heavy atom. The lowest BCUT2D eigenvalue weighted by Gasteiger charge is -2.36. The largest absolute Gasteiger partial charge is 0.370 e. The highest BCUT2D eigenvalue weighted by Gasteiger charge is 2.19. The number of guanidine groups is 1. The second-order valence-electron chi connectivity index (χ2n) is 7.24. The van der Waals surface area contributed by atoms with E-state index in [1.807, 2.05) is 12.1 Å². The summed E-state index contributed by atoms with van der Waals surface area (Å²) >= 11 is 0. The second kappa shape index (κ2) is 8.52. The summed E-state index contributed by atoms with van der Waals surface area (Å²) in [5.41, 5.74) is 7.25. The van der Waals surface area contributed by atoms with Gasteiger partial charge in [0.1, 0.15) is 5.82 Å². The molecule has 2 N–H and O–H groups in total. The number of halogens is 1. The van der Waals surface area contributed by atoms with Crippen molar-refractivity contribution >= 4 is 11.6 Å². The lowest BCUT2D eigenvalue weighted by molar-refractivity contribution is 0.260. The quantitative estimate of drug-likeness (QED) is 0.668. The molecule has 2 aliphatic heterocycles. The van der Waals surface area contributed by atoms with E-state index in [1.54, 1.807) is 0 Å². The van der Waals surface area contributed by atoms with Crippen LogP contribution in [0.2, 0.25) is 0 Å². The summed E-state index contributed by atoms with van der Waals surface area (Å²) in [6.45, 7) is 10.0. The van der Waals surface area contributed by atoms with Crippen LogP contribution >= 0.6 is 0 Å². The van der Waals surface area contributed by atoms with Crippen LogP contribution in [-0.4, -0.2) is 68.1 Å². The fraction of sp³-hybridized carbons (Fsp3) is 0.632. The van der Waals surface area contributed by atoms with E-state index in [0.717, 1.165) is 58.0 Å². The van der Waals surface area contributed by atoms with Gasteiger partial charge in [-0.05, 0) is 43.0 Å². The topological polar surface area (TPSA) is 48.1 Å². The Bertz CT molecular complexity index is 566. The Balaban J connectivity index is 1.40. The highest BCUT2D eigenvalue weighted by atomic mass is 19.1. The smallest absolute Gasteiger partial charge is 0.191 e. The minimum atomic E-state index is -0.180. The predicted octanol–water partition coefficient (Wildman–Crippen LogP) is 1.99. The maximum Gasteiger partial charge on any atom is 0.191 e. The van der Waals surface area contributed by atoms with Crippen molar-refractivity contribution in [3.63, 3.8) is 0 Å². The summed E-state index contributed by atoms with van der Waals surface area (Å²) in [5, 5.41) is 0. The zero-order valence-corrected chi connectivity index (χ0v) is 15.2. The van der Waals surface area contributed by atoms with Gasteiger partial charge in [0.2, 0.25) is 0 Å². The van der Waals surface area contributed by atoms with Gasteiger partial charge >= 0.3 is 0 Å². The molecular formula is C19H30FN5. The molecule has 6 heteroatoms. The van der Waals surface area contributed by atoms with Crippen molar-refractivity contribution < 1.29 is 4.39 Å². The number of hydrogen-bond acceptors (Lipinski definition) is 3. The van der Waals surface area contributed by atoms with Crippen molar-refractivity contribution in [2.75, 3.05) is 57.3 Å². The molecule has 1 aromatic carbocycles. The van der Waals surface area contributed by atoms with Gasteiger partial charge in [0.05, 0.1) is 6.54 Å². The van der Waals surface area contributed by atoms with E-state index in [1.165, 1.54) is 25.0 Å². The van der Waals surface area contributed by atoms with Gasteiger partial charge in [-0.3, -0.25) is 9.89 Å². The molecule has 1 atom stereocenters. The molecule has 1 unspecified atom stereocenters. The van der Waals surface area contributed by atoms with E-state index in [-0.39, 0.29) is 5.82 Å². The van der Waals surface area contributed by atoms with Crippen LogP contribution in [0.3, 0.4) is 0 Å². The Labute approximate surface area is 150 Å². The van der Waals surface area contributed by atoms with Crippen molar-refractivity contribution in [1.82, 2.24) is 9.80 Å². The molecule has 0 saturated carbocycles. The van der Waals surface area contributed by atoms with E-state index in [9.17, 15) is 4.39 Å². The molecular weight excluding hydrogens is 317 g/mol. The highest BCUT2D eigenvalue weighted by molar-refractivity contribution is 5.78. The summed E-state index contributed by atoms with van der Waals surface area (Å²) in [6, 6.07) is 6.77. The molecule has 5 nitrogen and oxygen atoms in total. The Hall–Kier alpha value is -1.82. The summed E-state index contributed by atoms with van der Waals surface area (Å²) < 4.78 is 13.0. The fourth-order valence-electron chi connectivity index (χ4n) is 3.69. The summed E-state index contributed by atoms with van der Waals surface area (Å²) in [7, 11) is 0. The van der Waals surface area contributed by atoms with Gasteiger partial charge in [0, 0.05) is 51.5 Å². The maximum absolute atomic E-state index is 13.0. The number of anilines is 1. The van der Waals surface area contributed by atoms with Crippen molar-refractivity contribution in [2.45, 2.75) is 19.8 Å². The number of piperazine rings is 1. The predicted molar refractivity (Wildman–Crippen MR) is 102 cm³/mol. The lowest BCUT2D eigenvalue weighted by atomic mass is 10.0. The van der Waals surface area contributed by atoms with Gasteiger partial charge in [-0.25, -0.2) is 4.39 Å². The van der Waals surface area contributed by atoms with Crippen LogP contribution in [0.1, 0.15) is 19.8 Å². The van der Waals surface area contributed by atoms with Gasteiger partial charge in [0.15, 0.2) is 5.96 Å². The van der Waals surface area contributed by atoms with Crippen LogP contribution in [-0.2, 0) is 0 Å². The standard InChI is InChI=1S/C19H30FN5/c1-16-3-2-9-25(15-16)19(21)22-8-10-23-11-13-24(14-12-23)18-6-4-17(20)5-7-18/h4-7,16H,2-3,8-15H2,1H3,(H2,21,22). The molecule has 25 heavy (non-hydrogen) atoms. The third-order valence-electron chi connectivity index (χ3n) is 5.24. The van der Waals surface area contributed by atoms with E-state index in [0.29, 0.717) is 11.9 Å². The van der Waals surface area contributed by atoms with Gasteiger partial charge in [-0.15, -0.1) is 0 Å². The molecule has 2 heterocycles. The SMILES string of the molecule is CC1CCCN(C(N)=NCCN2CCN(c3ccc(F)cc3)CC2)C1. The summed E-state index contributed by atoms with van der Waals surface area (Å²) in [5.74, 6) is 1.24. The molecule has 1 aromatic rings. The number of aliphatic imine (C=N–C) groups is 1. The van der Waals surface area contributed by atoms with Crippen LogP contribution in [0.15, 0.2) is 29.3 Å². The molecule has 0 aromatic heterocycles. The monoisotopic (exact) mass is 347 g/mol. The van der Waals surface area contributed by atoms with Gasteiger partial charge in [-0.2, -0.15) is 0 Å². The first-order chi connectivity index (χ1) is 12.1. The van der Waals surface area contributed by atoms with Gasteiger partial charge in [0.25, 0.3) is 0 Å². The minimum absolute atomic E-state index is 0.180. The summed E-state index contributed by atoms with van der Waals surface area (Å²) in [4.78, 5) is 11.5. The number of benzene rings is 1. The molecule has 0 radical (unpaired) electrons. The van der Waals surface area contributed by atoms with Crippen LogP contribution in [0, 0.1) is 11.7 Å². The van der Waals surface area contributed by atoms with Crippen molar-refractivity contribution in [3.05, 3.63) is 30.1 Å².